The quantitative estimate of drug-likeness (QED) is 0.618. The van der Waals surface area contributed by atoms with Crippen LogP contribution in [0.25, 0.3) is 10.9 Å². The Morgan fingerprint density at radius 2 is 1.77 bits per heavy atom. The number of aryl methyl sites for hydroxylation is 2. The minimum absolute atomic E-state index is 0.169. The monoisotopic (exact) mass is 351 g/mol. The maximum atomic E-state index is 12.0. The van der Waals surface area contributed by atoms with Crippen molar-refractivity contribution in [2.45, 2.75) is 20.3 Å². The third-order valence-corrected chi connectivity index (χ3v) is 4.22. The zero-order chi connectivity index (χ0) is 18.5. The number of carbonyl (C=O) groups is 2. The molecule has 0 saturated heterocycles. The van der Waals surface area contributed by atoms with E-state index in [9.17, 15) is 9.59 Å². The number of ether oxygens (including phenoxy) is 1. The molecular formula is C20H21N3O3. The van der Waals surface area contributed by atoms with Crippen molar-refractivity contribution in [1.82, 2.24) is 15.8 Å². The van der Waals surface area contributed by atoms with E-state index in [0.29, 0.717) is 5.75 Å². The standard InChI is InChI=1S/C20H21N3O3/c1-13-7-8-16(9-14(13)2)26-12-20(25)23-22-19(24)10-15-11-21-18-6-4-3-5-17(15)18/h3-9,11,21H,10,12H2,1-2H3,(H,22,24)(H,23,25). The van der Waals surface area contributed by atoms with Crippen molar-refractivity contribution in [2.75, 3.05) is 6.61 Å². The van der Waals surface area contributed by atoms with Gasteiger partial charge in [-0.25, -0.2) is 0 Å². The molecule has 3 rings (SSSR count). The summed E-state index contributed by atoms with van der Waals surface area (Å²) in [6, 6.07) is 13.4. The van der Waals surface area contributed by atoms with Crippen molar-refractivity contribution in [2.24, 2.45) is 0 Å². The van der Waals surface area contributed by atoms with Crippen molar-refractivity contribution < 1.29 is 14.3 Å². The molecule has 6 nitrogen and oxygen atoms in total. The van der Waals surface area contributed by atoms with E-state index in [1.54, 1.807) is 6.20 Å². The summed E-state index contributed by atoms with van der Waals surface area (Å²) in [5.41, 5.74) is 8.87. The van der Waals surface area contributed by atoms with Crippen LogP contribution in [0.2, 0.25) is 0 Å². The van der Waals surface area contributed by atoms with Crippen LogP contribution in [0.4, 0.5) is 0 Å². The van der Waals surface area contributed by atoms with Crippen molar-refractivity contribution in [1.29, 1.82) is 0 Å². The van der Waals surface area contributed by atoms with Crippen LogP contribution in [-0.4, -0.2) is 23.4 Å². The average molecular weight is 351 g/mol. The van der Waals surface area contributed by atoms with E-state index in [0.717, 1.165) is 27.6 Å². The van der Waals surface area contributed by atoms with Gasteiger partial charge in [0, 0.05) is 17.1 Å². The smallest absolute Gasteiger partial charge is 0.276 e. The highest BCUT2D eigenvalue weighted by molar-refractivity contribution is 5.89. The predicted molar refractivity (Wildman–Crippen MR) is 99.7 cm³/mol. The fourth-order valence-corrected chi connectivity index (χ4v) is 2.62. The van der Waals surface area contributed by atoms with E-state index in [-0.39, 0.29) is 18.9 Å². The average Bonchev–Trinajstić information content (AvgIpc) is 3.04. The van der Waals surface area contributed by atoms with Gasteiger partial charge in [-0.2, -0.15) is 0 Å². The van der Waals surface area contributed by atoms with Gasteiger partial charge in [0.15, 0.2) is 6.61 Å². The Morgan fingerprint density at radius 1 is 1.00 bits per heavy atom. The first kappa shape index (κ1) is 17.5. The van der Waals surface area contributed by atoms with E-state index in [1.807, 2.05) is 56.3 Å². The highest BCUT2D eigenvalue weighted by Crippen LogP contribution is 2.18. The molecule has 26 heavy (non-hydrogen) atoms. The number of fused-ring (bicyclic) bond motifs is 1. The fraction of sp³-hybridized carbons (Fsp3) is 0.200. The topological polar surface area (TPSA) is 83.2 Å². The van der Waals surface area contributed by atoms with Gasteiger partial charge in [-0.05, 0) is 48.7 Å². The number of nitrogens with one attached hydrogen (secondary N) is 3. The normalized spacial score (nSPS) is 10.5. The van der Waals surface area contributed by atoms with Crippen molar-refractivity contribution in [3.8, 4) is 5.75 Å². The zero-order valence-corrected chi connectivity index (χ0v) is 14.8. The van der Waals surface area contributed by atoms with Gasteiger partial charge in [0.2, 0.25) is 5.91 Å². The molecule has 3 aromatic rings. The van der Waals surface area contributed by atoms with Crippen molar-refractivity contribution in [3.63, 3.8) is 0 Å². The van der Waals surface area contributed by atoms with Gasteiger partial charge in [0.1, 0.15) is 5.75 Å². The highest BCUT2D eigenvalue weighted by atomic mass is 16.5. The lowest BCUT2D eigenvalue weighted by atomic mass is 10.1. The number of aromatic amines is 1. The van der Waals surface area contributed by atoms with Gasteiger partial charge in [0.05, 0.1) is 6.42 Å². The third-order valence-electron chi connectivity index (χ3n) is 4.22. The van der Waals surface area contributed by atoms with Crippen LogP contribution in [0.15, 0.2) is 48.7 Å². The third kappa shape index (κ3) is 4.22. The molecule has 0 aliphatic rings. The molecule has 0 bridgehead atoms. The Balaban J connectivity index is 1.46. The number of rotatable bonds is 5. The molecule has 3 N–H and O–H groups in total. The van der Waals surface area contributed by atoms with Crippen LogP contribution in [0.3, 0.4) is 0 Å². The Bertz CT molecular complexity index is 946. The molecular weight excluding hydrogens is 330 g/mol. The second-order valence-corrected chi connectivity index (χ2v) is 6.17. The minimum atomic E-state index is -0.421. The lowest BCUT2D eigenvalue weighted by Crippen LogP contribution is -2.44. The Kier molecular flexibility index (Phi) is 5.22. The Labute approximate surface area is 151 Å². The largest absolute Gasteiger partial charge is 0.484 e. The molecule has 0 radical (unpaired) electrons. The maximum Gasteiger partial charge on any atom is 0.276 e. The number of carbonyl (C=O) groups excluding carboxylic acids is 2. The number of hydrogen-bond donors (Lipinski definition) is 3. The lowest BCUT2D eigenvalue weighted by Gasteiger charge is -2.10. The van der Waals surface area contributed by atoms with Crippen LogP contribution in [0, 0.1) is 13.8 Å². The molecule has 6 heteroatoms. The zero-order valence-electron chi connectivity index (χ0n) is 14.8. The molecule has 0 atom stereocenters. The van der Waals surface area contributed by atoms with Gasteiger partial charge < -0.3 is 9.72 Å². The molecule has 0 fully saturated rings. The fourth-order valence-electron chi connectivity index (χ4n) is 2.62. The summed E-state index contributed by atoms with van der Waals surface area (Å²) in [6.07, 6.45) is 1.97. The van der Waals surface area contributed by atoms with E-state index in [4.69, 9.17) is 4.74 Å². The van der Waals surface area contributed by atoms with Crippen LogP contribution in [0.5, 0.6) is 5.75 Å². The first-order chi connectivity index (χ1) is 12.5. The summed E-state index contributed by atoms with van der Waals surface area (Å²) in [6.45, 7) is 3.82. The molecule has 1 heterocycles. The van der Waals surface area contributed by atoms with Crippen LogP contribution >= 0.6 is 0 Å². The van der Waals surface area contributed by atoms with Gasteiger partial charge in [-0.1, -0.05) is 24.3 Å². The summed E-state index contributed by atoms with van der Waals surface area (Å²) < 4.78 is 5.43. The minimum Gasteiger partial charge on any atom is -0.484 e. The SMILES string of the molecule is Cc1ccc(OCC(=O)NNC(=O)Cc2c[nH]c3ccccc23)cc1C. The second-order valence-electron chi connectivity index (χ2n) is 6.17. The molecule has 0 saturated carbocycles. The van der Waals surface area contributed by atoms with Gasteiger partial charge >= 0.3 is 0 Å². The molecule has 0 aliphatic heterocycles. The molecule has 2 aromatic carbocycles. The lowest BCUT2D eigenvalue weighted by molar-refractivity contribution is -0.129. The Morgan fingerprint density at radius 3 is 2.58 bits per heavy atom. The summed E-state index contributed by atoms with van der Waals surface area (Å²) in [7, 11) is 0. The number of benzene rings is 2. The summed E-state index contributed by atoms with van der Waals surface area (Å²) in [5.74, 6) is -0.0989. The van der Waals surface area contributed by atoms with E-state index < -0.39 is 5.91 Å². The number of hydrogen-bond acceptors (Lipinski definition) is 3. The molecule has 0 aliphatic carbocycles. The van der Waals surface area contributed by atoms with E-state index in [2.05, 4.69) is 15.8 Å². The maximum absolute atomic E-state index is 12.0. The van der Waals surface area contributed by atoms with Gasteiger partial charge in [-0.3, -0.25) is 20.4 Å². The number of amides is 2. The van der Waals surface area contributed by atoms with Crippen LogP contribution in [0.1, 0.15) is 16.7 Å². The second kappa shape index (κ2) is 7.74. The van der Waals surface area contributed by atoms with Gasteiger partial charge in [0.25, 0.3) is 5.91 Å². The van der Waals surface area contributed by atoms with E-state index in [1.165, 1.54) is 0 Å². The molecule has 134 valence electrons. The first-order valence-electron chi connectivity index (χ1n) is 8.35. The Hall–Kier alpha value is -3.28. The molecule has 2 amide bonds. The predicted octanol–water partition coefficient (Wildman–Crippen LogP) is 2.55. The number of hydrazine groups is 1. The van der Waals surface area contributed by atoms with Crippen LogP contribution < -0.4 is 15.6 Å². The van der Waals surface area contributed by atoms with Crippen molar-refractivity contribution >= 4 is 22.7 Å². The van der Waals surface area contributed by atoms with Crippen molar-refractivity contribution in [3.05, 3.63) is 65.4 Å². The summed E-state index contributed by atoms with van der Waals surface area (Å²) >= 11 is 0. The van der Waals surface area contributed by atoms with Crippen LogP contribution in [-0.2, 0) is 16.0 Å². The van der Waals surface area contributed by atoms with Gasteiger partial charge in [-0.15, -0.1) is 0 Å². The number of aromatic nitrogens is 1. The molecule has 1 aromatic heterocycles. The molecule has 0 unspecified atom stereocenters. The summed E-state index contributed by atoms with van der Waals surface area (Å²) in [4.78, 5) is 27.0. The molecule has 0 spiro atoms. The van der Waals surface area contributed by atoms with E-state index >= 15 is 0 Å². The number of para-hydroxylation sites is 1. The first-order valence-corrected chi connectivity index (χ1v) is 8.35. The highest BCUT2D eigenvalue weighted by Gasteiger charge is 2.10. The number of H-pyrrole nitrogens is 1. The summed E-state index contributed by atoms with van der Waals surface area (Å²) in [5, 5.41) is 0.993.